The Morgan fingerprint density at radius 1 is 1.40 bits per heavy atom. The van der Waals surface area contributed by atoms with Gasteiger partial charge in [0.15, 0.2) is 0 Å². The van der Waals surface area contributed by atoms with E-state index in [0.29, 0.717) is 5.92 Å². The van der Waals surface area contributed by atoms with Gasteiger partial charge in [-0.05, 0) is 52.5 Å². The molecule has 6 nitrogen and oxygen atoms in total. The Hall–Kier alpha value is -1.56. The maximum Gasteiger partial charge on any atom is 0.410 e. The van der Waals surface area contributed by atoms with E-state index in [2.05, 4.69) is 30.5 Å². The normalized spacial score (nSPS) is 19.2. The average molecular weight is 351 g/mol. The molecule has 1 fully saturated rings. The van der Waals surface area contributed by atoms with Crippen LogP contribution in [0.2, 0.25) is 0 Å². The summed E-state index contributed by atoms with van der Waals surface area (Å²) in [5.41, 5.74) is 0.772. The van der Waals surface area contributed by atoms with E-state index in [4.69, 9.17) is 4.74 Å². The summed E-state index contributed by atoms with van der Waals surface area (Å²) >= 11 is 0. The molecule has 1 aliphatic heterocycles. The molecule has 0 saturated carbocycles. The molecule has 25 heavy (non-hydrogen) atoms. The minimum Gasteiger partial charge on any atom is -0.444 e. The van der Waals surface area contributed by atoms with E-state index in [9.17, 15) is 4.79 Å². The number of nitrogens with one attached hydrogen (secondary N) is 1. The topological polar surface area (TPSA) is 59.4 Å². The Balaban J connectivity index is 2.04. The van der Waals surface area contributed by atoms with Crippen LogP contribution in [0.4, 0.5) is 4.79 Å². The van der Waals surface area contributed by atoms with E-state index >= 15 is 0 Å². The smallest absolute Gasteiger partial charge is 0.410 e. The standard InChI is InChI=1S/C19H34N4O2/c1-6-9-20-17(16-12-21-23(14-16)10-7-2)15-8-11-22(13-15)18(24)25-19(3,4)5/h12,14-15,17,20H,6-11,13H2,1-5H3. The predicted octanol–water partition coefficient (Wildman–Crippen LogP) is 3.59. The lowest BCUT2D eigenvalue weighted by Gasteiger charge is -2.26. The van der Waals surface area contributed by atoms with Gasteiger partial charge in [-0.3, -0.25) is 4.68 Å². The lowest BCUT2D eigenvalue weighted by molar-refractivity contribution is 0.0285. The van der Waals surface area contributed by atoms with Crippen molar-refractivity contribution in [1.82, 2.24) is 20.0 Å². The molecule has 1 amide bonds. The zero-order valence-corrected chi connectivity index (χ0v) is 16.4. The Morgan fingerprint density at radius 2 is 2.16 bits per heavy atom. The first-order chi connectivity index (χ1) is 11.8. The van der Waals surface area contributed by atoms with E-state index in [1.54, 1.807) is 0 Å². The van der Waals surface area contributed by atoms with Crippen LogP contribution < -0.4 is 5.32 Å². The third-order valence-corrected chi connectivity index (χ3v) is 4.43. The van der Waals surface area contributed by atoms with Crippen LogP contribution in [0.3, 0.4) is 0 Å². The minimum absolute atomic E-state index is 0.203. The molecule has 1 N–H and O–H groups in total. The average Bonchev–Trinajstić information content (AvgIpc) is 3.16. The lowest BCUT2D eigenvalue weighted by atomic mass is 9.94. The van der Waals surface area contributed by atoms with Crippen molar-refractivity contribution in [3.8, 4) is 0 Å². The van der Waals surface area contributed by atoms with Crippen molar-refractivity contribution in [1.29, 1.82) is 0 Å². The molecule has 6 heteroatoms. The molecular formula is C19H34N4O2. The number of aromatic nitrogens is 2. The summed E-state index contributed by atoms with van der Waals surface area (Å²) in [6.07, 6.45) is 7.06. The zero-order chi connectivity index (χ0) is 18.4. The number of likely N-dealkylation sites (tertiary alicyclic amines) is 1. The minimum atomic E-state index is -0.448. The molecular weight excluding hydrogens is 316 g/mol. The summed E-state index contributed by atoms with van der Waals surface area (Å²) in [5, 5.41) is 8.14. The summed E-state index contributed by atoms with van der Waals surface area (Å²) < 4.78 is 7.53. The Bertz CT molecular complexity index is 550. The van der Waals surface area contributed by atoms with E-state index in [1.807, 2.05) is 36.5 Å². The molecule has 2 rings (SSSR count). The van der Waals surface area contributed by atoms with Crippen LogP contribution >= 0.6 is 0 Å². The van der Waals surface area contributed by atoms with Crippen LogP contribution in [-0.2, 0) is 11.3 Å². The van der Waals surface area contributed by atoms with Gasteiger partial charge in [0.05, 0.1) is 6.20 Å². The summed E-state index contributed by atoms with van der Waals surface area (Å²) in [5.74, 6) is 0.387. The highest BCUT2D eigenvalue weighted by Gasteiger charge is 2.34. The van der Waals surface area contributed by atoms with Crippen LogP contribution in [0, 0.1) is 5.92 Å². The SMILES string of the molecule is CCCNC(c1cnn(CCC)c1)C1CCN(C(=O)OC(C)(C)C)C1. The van der Waals surface area contributed by atoms with E-state index in [1.165, 1.54) is 5.56 Å². The third kappa shape index (κ3) is 5.73. The van der Waals surface area contributed by atoms with Crippen molar-refractivity contribution in [3.05, 3.63) is 18.0 Å². The second-order valence-corrected chi connectivity index (χ2v) is 7.94. The molecule has 2 unspecified atom stereocenters. The summed E-state index contributed by atoms with van der Waals surface area (Å²) in [6, 6.07) is 0.234. The van der Waals surface area contributed by atoms with Crippen LogP contribution in [0.15, 0.2) is 12.4 Å². The van der Waals surface area contributed by atoms with Gasteiger partial charge in [-0.15, -0.1) is 0 Å². The molecule has 0 radical (unpaired) electrons. The summed E-state index contributed by atoms with van der Waals surface area (Å²) in [7, 11) is 0. The van der Waals surface area contributed by atoms with Gasteiger partial charge in [0.25, 0.3) is 0 Å². The first kappa shape index (κ1) is 19.8. The molecule has 2 heterocycles. The second kappa shape index (κ2) is 8.70. The first-order valence-corrected chi connectivity index (χ1v) is 9.57. The predicted molar refractivity (Wildman–Crippen MR) is 99.5 cm³/mol. The molecule has 0 aliphatic carbocycles. The number of hydrogen-bond donors (Lipinski definition) is 1. The van der Waals surface area contributed by atoms with Crippen molar-refractivity contribution >= 4 is 6.09 Å². The maximum atomic E-state index is 12.3. The largest absolute Gasteiger partial charge is 0.444 e. The Kier molecular flexibility index (Phi) is 6.87. The Morgan fingerprint density at radius 3 is 2.80 bits per heavy atom. The van der Waals surface area contributed by atoms with Crippen LogP contribution in [0.25, 0.3) is 0 Å². The highest BCUT2D eigenvalue weighted by atomic mass is 16.6. The molecule has 1 aromatic heterocycles. The number of nitrogens with zero attached hydrogens (tertiary/aromatic N) is 3. The van der Waals surface area contributed by atoms with Gasteiger partial charge < -0.3 is 15.0 Å². The fourth-order valence-corrected chi connectivity index (χ4v) is 3.30. The van der Waals surface area contributed by atoms with Crippen molar-refractivity contribution in [2.75, 3.05) is 19.6 Å². The third-order valence-electron chi connectivity index (χ3n) is 4.43. The second-order valence-electron chi connectivity index (χ2n) is 7.94. The number of ether oxygens (including phenoxy) is 1. The quantitative estimate of drug-likeness (QED) is 0.816. The molecule has 1 saturated heterocycles. The lowest BCUT2D eigenvalue weighted by Crippen LogP contribution is -2.37. The molecule has 1 aromatic rings. The first-order valence-electron chi connectivity index (χ1n) is 9.57. The highest BCUT2D eigenvalue weighted by Crippen LogP contribution is 2.31. The van der Waals surface area contributed by atoms with Crippen LogP contribution in [-0.4, -0.2) is 46.0 Å². The number of aryl methyl sites for hydroxylation is 1. The van der Waals surface area contributed by atoms with Gasteiger partial charge in [-0.2, -0.15) is 5.10 Å². The summed E-state index contributed by atoms with van der Waals surface area (Å²) in [4.78, 5) is 14.2. The van der Waals surface area contributed by atoms with Gasteiger partial charge in [-0.25, -0.2) is 4.79 Å². The molecule has 2 atom stereocenters. The van der Waals surface area contributed by atoms with Gasteiger partial charge >= 0.3 is 6.09 Å². The van der Waals surface area contributed by atoms with E-state index in [-0.39, 0.29) is 12.1 Å². The van der Waals surface area contributed by atoms with Gasteiger partial charge in [0, 0.05) is 37.4 Å². The monoisotopic (exact) mass is 350 g/mol. The number of amides is 1. The molecule has 0 bridgehead atoms. The van der Waals surface area contributed by atoms with Crippen molar-refractivity contribution in [3.63, 3.8) is 0 Å². The van der Waals surface area contributed by atoms with E-state index < -0.39 is 5.60 Å². The highest BCUT2D eigenvalue weighted by molar-refractivity contribution is 5.68. The maximum absolute atomic E-state index is 12.3. The fourth-order valence-electron chi connectivity index (χ4n) is 3.30. The summed E-state index contributed by atoms with van der Waals surface area (Å²) in [6.45, 7) is 13.4. The molecule has 0 aromatic carbocycles. The molecule has 142 valence electrons. The van der Waals surface area contributed by atoms with Crippen LogP contribution in [0.5, 0.6) is 0 Å². The number of carbonyl (C=O) groups is 1. The van der Waals surface area contributed by atoms with Gasteiger partial charge in [0.1, 0.15) is 5.60 Å². The van der Waals surface area contributed by atoms with Gasteiger partial charge in [-0.1, -0.05) is 13.8 Å². The molecule has 0 spiro atoms. The van der Waals surface area contributed by atoms with Gasteiger partial charge in [0.2, 0.25) is 0 Å². The fraction of sp³-hybridized carbons (Fsp3) is 0.789. The zero-order valence-electron chi connectivity index (χ0n) is 16.4. The number of carbonyl (C=O) groups excluding carboxylic acids is 1. The molecule has 1 aliphatic rings. The van der Waals surface area contributed by atoms with Crippen molar-refractivity contribution < 1.29 is 9.53 Å². The number of rotatable bonds is 7. The van der Waals surface area contributed by atoms with Crippen LogP contribution in [0.1, 0.15) is 65.5 Å². The number of hydrogen-bond acceptors (Lipinski definition) is 4. The Labute approximate surface area is 151 Å². The van der Waals surface area contributed by atoms with E-state index in [0.717, 1.165) is 45.4 Å². The van der Waals surface area contributed by atoms with Crippen molar-refractivity contribution in [2.45, 2.75) is 72.1 Å². The van der Waals surface area contributed by atoms with Crippen molar-refractivity contribution in [2.24, 2.45) is 5.92 Å².